The minimum Gasteiger partial charge on any atom is -0.325 e. The molecule has 7 heteroatoms. The summed E-state index contributed by atoms with van der Waals surface area (Å²) in [5, 5.41) is 4.36. The SMILES string of the molecule is CC(C)c1ccccc1NC(=O)CSc1nc2sc3c(c2c(=O)n1C)CCC3. The van der Waals surface area contributed by atoms with Gasteiger partial charge in [-0.1, -0.05) is 43.8 Å². The van der Waals surface area contributed by atoms with Crippen molar-refractivity contribution < 1.29 is 4.79 Å². The Labute approximate surface area is 172 Å². The highest BCUT2D eigenvalue weighted by atomic mass is 32.2. The number of aromatic nitrogens is 2. The van der Waals surface area contributed by atoms with Gasteiger partial charge in [0.25, 0.3) is 5.56 Å². The second-order valence-corrected chi connectivity index (χ2v) is 9.40. The first-order chi connectivity index (χ1) is 13.5. The predicted molar refractivity (Wildman–Crippen MR) is 117 cm³/mol. The molecule has 1 aromatic carbocycles. The van der Waals surface area contributed by atoms with Gasteiger partial charge in [-0.05, 0) is 42.4 Å². The van der Waals surface area contributed by atoms with E-state index in [2.05, 4.69) is 24.1 Å². The molecule has 1 aliphatic carbocycles. The van der Waals surface area contributed by atoms with Crippen LogP contribution < -0.4 is 10.9 Å². The molecule has 0 bridgehead atoms. The molecule has 3 aromatic rings. The molecule has 0 spiro atoms. The zero-order chi connectivity index (χ0) is 19.8. The van der Waals surface area contributed by atoms with E-state index in [0.717, 1.165) is 40.7 Å². The summed E-state index contributed by atoms with van der Waals surface area (Å²) < 4.78 is 1.58. The number of para-hydroxylation sites is 1. The topological polar surface area (TPSA) is 64.0 Å². The van der Waals surface area contributed by atoms with Crippen molar-refractivity contribution in [2.75, 3.05) is 11.1 Å². The lowest BCUT2D eigenvalue weighted by atomic mass is 10.0. The largest absolute Gasteiger partial charge is 0.325 e. The van der Waals surface area contributed by atoms with Crippen LogP contribution in [-0.4, -0.2) is 21.2 Å². The van der Waals surface area contributed by atoms with Crippen molar-refractivity contribution in [3.8, 4) is 0 Å². The number of anilines is 1. The van der Waals surface area contributed by atoms with Crippen molar-refractivity contribution in [3.05, 3.63) is 50.6 Å². The van der Waals surface area contributed by atoms with Crippen LogP contribution in [0.1, 0.15) is 42.2 Å². The number of aryl methyl sites for hydroxylation is 2. The predicted octanol–water partition coefficient (Wildman–Crippen LogP) is 4.34. The average Bonchev–Trinajstić information content (AvgIpc) is 3.24. The van der Waals surface area contributed by atoms with Gasteiger partial charge in [0.05, 0.1) is 11.1 Å². The Morgan fingerprint density at radius 3 is 2.89 bits per heavy atom. The van der Waals surface area contributed by atoms with Gasteiger partial charge in [0.1, 0.15) is 4.83 Å². The number of thiophene rings is 1. The first kappa shape index (κ1) is 19.2. The lowest BCUT2D eigenvalue weighted by Gasteiger charge is -2.13. The lowest BCUT2D eigenvalue weighted by Crippen LogP contribution is -2.21. The molecule has 1 aliphatic rings. The summed E-state index contributed by atoms with van der Waals surface area (Å²) in [4.78, 5) is 32.1. The Morgan fingerprint density at radius 2 is 2.11 bits per heavy atom. The van der Waals surface area contributed by atoms with Crippen molar-refractivity contribution in [3.63, 3.8) is 0 Å². The maximum atomic E-state index is 12.8. The van der Waals surface area contributed by atoms with E-state index in [1.165, 1.54) is 22.2 Å². The Bertz CT molecular complexity index is 1110. The molecule has 146 valence electrons. The third kappa shape index (κ3) is 3.49. The van der Waals surface area contributed by atoms with Crippen LogP contribution in [0.2, 0.25) is 0 Å². The zero-order valence-electron chi connectivity index (χ0n) is 16.2. The van der Waals surface area contributed by atoms with E-state index in [0.29, 0.717) is 11.1 Å². The third-order valence-electron chi connectivity index (χ3n) is 5.09. The number of carbonyl (C=O) groups is 1. The number of hydrogen-bond acceptors (Lipinski definition) is 5. The van der Waals surface area contributed by atoms with E-state index in [9.17, 15) is 9.59 Å². The number of nitrogens with zero attached hydrogens (tertiary/aromatic N) is 2. The number of nitrogens with one attached hydrogen (secondary N) is 1. The molecule has 0 unspecified atom stereocenters. The maximum absolute atomic E-state index is 12.8. The standard InChI is InChI=1S/C21H23N3O2S2/c1-12(2)13-7-4-5-9-15(13)22-17(25)11-27-21-23-19-18(20(26)24(21)3)14-8-6-10-16(14)28-19/h4-5,7,9,12H,6,8,10-11H2,1-3H3,(H,22,25). The molecule has 28 heavy (non-hydrogen) atoms. The molecule has 0 atom stereocenters. The Kier molecular flexibility index (Phi) is 5.29. The molecule has 5 nitrogen and oxygen atoms in total. The van der Waals surface area contributed by atoms with Crippen LogP contribution >= 0.6 is 23.1 Å². The third-order valence-corrected chi connectivity index (χ3v) is 7.31. The van der Waals surface area contributed by atoms with E-state index in [4.69, 9.17) is 0 Å². The minimum atomic E-state index is -0.0962. The van der Waals surface area contributed by atoms with Crippen molar-refractivity contribution in [2.45, 2.75) is 44.2 Å². The molecule has 1 N–H and O–H groups in total. The number of hydrogen-bond donors (Lipinski definition) is 1. The monoisotopic (exact) mass is 413 g/mol. The van der Waals surface area contributed by atoms with Gasteiger partial charge in [-0.15, -0.1) is 11.3 Å². The summed E-state index contributed by atoms with van der Waals surface area (Å²) in [7, 11) is 1.74. The van der Waals surface area contributed by atoms with E-state index in [-0.39, 0.29) is 17.2 Å². The van der Waals surface area contributed by atoms with Crippen LogP contribution in [0.15, 0.2) is 34.2 Å². The quantitative estimate of drug-likeness (QED) is 0.499. The van der Waals surface area contributed by atoms with Gasteiger partial charge in [-0.25, -0.2) is 4.98 Å². The first-order valence-electron chi connectivity index (χ1n) is 9.48. The number of fused-ring (bicyclic) bond motifs is 3. The maximum Gasteiger partial charge on any atom is 0.262 e. The summed E-state index contributed by atoms with van der Waals surface area (Å²) >= 11 is 2.93. The van der Waals surface area contributed by atoms with Crippen molar-refractivity contribution >= 4 is 44.9 Å². The van der Waals surface area contributed by atoms with Gasteiger partial charge in [0, 0.05) is 17.6 Å². The highest BCUT2D eigenvalue weighted by Gasteiger charge is 2.22. The molecule has 0 saturated carbocycles. The molecule has 2 heterocycles. The fourth-order valence-electron chi connectivity index (χ4n) is 3.67. The summed E-state index contributed by atoms with van der Waals surface area (Å²) in [6.45, 7) is 4.21. The molecule has 0 aliphatic heterocycles. The first-order valence-corrected chi connectivity index (χ1v) is 11.3. The van der Waals surface area contributed by atoms with Gasteiger partial charge in [0.15, 0.2) is 5.16 Å². The highest BCUT2D eigenvalue weighted by Crippen LogP contribution is 2.35. The summed E-state index contributed by atoms with van der Waals surface area (Å²) in [6, 6.07) is 7.85. The van der Waals surface area contributed by atoms with E-state index in [1.54, 1.807) is 23.0 Å². The number of rotatable bonds is 5. The number of thioether (sulfide) groups is 1. The molecule has 1 amide bonds. The average molecular weight is 414 g/mol. The summed E-state index contributed by atoms with van der Waals surface area (Å²) in [5.74, 6) is 0.444. The van der Waals surface area contributed by atoms with Crippen LogP contribution in [0.5, 0.6) is 0 Å². The number of amides is 1. The van der Waals surface area contributed by atoms with Gasteiger partial charge < -0.3 is 5.32 Å². The van der Waals surface area contributed by atoms with Crippen LogP contribution in [0.4, 0.5) is 5.69 Å². The molecular formula is C21H23N3O2S2. The van der Waals surface area contributed by atoms with Crippen LogP contribution in [0.3, 0.4) is 0 Å². The van der Waals surface area contributed by atoms with Gasteiger partial charge in [-0.3, -0.25) is 14.2 Å². The fourth-order valence-corrected chi connectivity index (χ4v) is 5.74. The van der Waals surface area contributed by atoms with Crippen molar-refractivity contribution in [1.82, 2.24) is 9.55 Å². The molecular weight excluding hydrogens is 390 g/mol. The Balaban J connectivity index is 1.52. The van der Waals surface area contributed by atoms with Crippen LogP contribution in [0, 0.1) is 0 Å². The lowest BCUT2D eigenvalue weighted by molar-refractivity contribution is -0.113. The van der Waals surface area contributed by atoms with Crippen LogP contribution in [0.25, 0.3) is 10.2 Å². The normalized spacial score (nSPS) is 13.3. The Hall–Kier alpha value is -2.12. The van der Waals surface area contributed by atoms with Crippen LogP contribution in [-0.2, 0) is 24.7 Å². The number of benzene rings is 1. The van der Waals surface area contributed by atoms with E-state index < -0.39 is 0 Å². The molecule has 0 fully saturated rings. The molecule has 0 radical (unpaired) electrons. The Morgan fingerprint density at radius 1 is 1.32 bits per heavy atom. The molecule has 4 rings (SSSR count). The van der Waals surface area contributed by atoms with Gasteiger partial charge in [-0.2, -0.15) is 0 Å². The minimum absolute atomic E-state index is 0.00235. The van der Waals surface area contributed by atoms with Crippen molar-refractivity contribution in [1.29, 1.82) is 0 Å². The van der Waals surface area contributed by atoms with E-state index in [1.807, 2.05) is 24.3 Å². The highest BCUT2D eigenvalue weighted by molar-refractivity contribution is 7.99. The fraction of sp³-hybridized carbons (Fsp3) is 0.381. The van der Waals surface area contributed by atoms with E-state index >= 15 is 0 Å². The summed E-state index contributed by atoms with van der Waals surface area (Å²) in [5.41, 5.74) is 3.14. The molecule has 0 saturated heterocycles. The second kappa shape index (κ2) is 7.72. The number of carbonyl (C=O) groups excluding carboxylic acids is 1. The molecule has 2 aromatic heterocycles. The summed E-state index contributed by atoms with van der Waals surface area (Å²) in [6.07, 6.45) is 3.13. The zero-order valence-corrected chi connectivity index (χ0v) is 17.9. The second-order valence-electron chi connectivity index (χ2n) is 7.37. The van der Waals surface area contributed by atoms with Crippen molar-refractivity contribution in [2.24, 2.45) is 7.05 Å². The smallest absolute Gasteiger partial charge is 0.262 e. The van der Waals surface area contributed by atoms with Gasteiger partial charge in [0.2, 0.25) is 5.91 Å². The van der Waals surface area contributed by atoms with Gasteiger partial charge >= 0.3 is 0 Å².